The topological polar surface area (TPSA) is 110 Å². The minimum Gasteiger partial charge on any atom is -0.480 e. The van der Waals surface area contributed by atoms with Gasteiger partial charge in [0.05, 0.1) is 10.4 Å². The van der Waals surface area contributed by atoms with Crippen molar-refractivity contribution in [3.63, 3.8) is 0 Å². The van der Waals surface area contributed by atoms with Crippen molar-refractivity contribution in [2.45, 2.75) is 30.2 Å². The molecule has 1 atom stereocenters. The zero-order valence-electron chi connectivity index (χ0n) is 12.4. The van der Waals surface area contributed by atoms with E-state index in [0.29, 0.717) is 18.4 Å². The summed E-state index contributed by atoms with van der Waals surface area (Å²) in [6.07, 6.45) is 1.58. The highest BCUT2D eigenvalue weighted by atomic mass is 32.2. The maximum atomic E-state index is 12.8. The minimum absolute atomic E-state index is 0.0764. The maximum Gasteiger partial charge on any atom is 0.419 e. The number of benzene rings is 1. The van der Waals surface area contributed by atoms with E-state index < -0.39 is 27.8 Å². The zero-order valence-corrected chi connectivity index (χ0v) is 13.2. The second-order valence-electron chi connectivity index (χ2n) is 5.52. The molecule has 3 rings (SSSR count). The summed E-state index contributed by atoms with van der Waals surface area (Å²) in [5.74, 6) is -1.74. The van der Waals surface area contributed by atoms with Gasteiger partial charge in [-0.2, -0.15) is 4.31 Å². The Labute approximate surface area is 132 Å². The lowest BCUT2D eigenvalue weighted by Gasteiger charge is -2.31. The highest BCUT2D eigenvalue weighted by Gasteiger charge is 2.37. The molecule has 0 spiro atoms. The van der Waals surface area contributed by atoms with E-state index in [4.69, 9.17) is 4.42 Å². The smallest absolute Gasteiger partial charge is 0.419 e. The SMILES string of the molecule is Cn1c(=O)oc2cc(S(=O)(=O)N3CCCCC3C(=O)O)ccc21. The molecule has 1 saturated heterocycles. The first-order chi connectivity index (χ1) is 10.8. The predicted molar refractivity (Wildman–Crippen MR) is 80.6 cm³/mol. The molecule has 2 aromatic rings. The summed E-state index contributed by atoms with van der Waals surface area (Å²) >= 11 is 0. The molecule has 1 unspecified atom stereocenters. The van der Waals surface area contributed by atoms with Crippen molar-refractivity contribution < 1.29 is 22.7 Å². The van der Waals surface area contributed by atoms with Gasteiger partial charge in [-0.15, -0.1) is 0 Å². The van der Waals surface area contributed by atoms with Gasteiger partial charge in [0.1, 0.15) is 6.04 Å². The van der Waals surface area contributed by atoms with Gasteiger partial charge >= 0.3 is 11.7 Å². The number of sulfonamides is 1. The Bertz CT molecular complexity index is 926. The number of oxazole rings is 1. The number of carbonyl (C=O) groups is 1. The number of aromatic nitrogens is 1. The van der Waals surface area contributed by atoms with Crippen LogP contribution < -0.4 is 5.76 Å². The Morgan fingerprint density at radius 1 is 1.35 bits per heavy atom. The number of piperidine rings is 1. The molecule has 124 valence electrons. The van der Waals surface area contributed by atoms with E-state index in [1.54, 1.807) is 0 Å². The average Bonchev–Trinajstić information content (AvgIpc) is 2.81. The van der Waals surface area contributed by atoms with Gasteiger partial charge in [0, 0.05) is 19.7 Å². The summed E-state index contributed by atoms with van der Waals surface area (Å²) in [6.45, 7) is 0.163. The molecule has 1 aliphatic heterocycles. The van der Waals surface area contributed by atoms with E-state index in [9.17, 15) is 23.1 Å². The van der Waals surface area contributed by atoms with Crippen LogP contribution in [0.25, 0.3) is 11.1 Å². The quantitative estimate of drug-likeness (QED) is 0.883. The predicted octanol–water partition coefficient (Wildman–Crippen LogP) is 0.759. The van der Waals surface area contributed by atoms with E-state index >= 15 is 0 Å². The Morgan fingerprint density at radius 2 is 2.09 bits per heavy atom. The third-order valence-electron chi connectivity index (χ3n) is 4.11. The summed E-state index contributed by atoms with van der Waals surface area (Å²) in [5.41, 5.74) is 0.629. The van der Waals surface area contributed by atoms with Gasteiger partial charge in [-0.3, -0.25) is 9.36 Å². The number of carboxylic acids is 1. The van der Waals surface area contributed by atoms with Crippen molar-refractivity contribution >= 4 is 27.1 Å². The monoisotopic (exact) mass is 340 g/mol. The number of hydrogen-bond donors (Lipinski definition) is 1. The van der Waals surface area contributed by atoms with E-state index in [1.165, 1.54) is 29.8 Å². The number of aryl methyl sites for hydroxylation is 1. The van der Waals surface area contributed by atoms with Crippen molar-refractivity contribution in [3.05, 3.63) is 28.7 Å². The van der Waals surface area contributed by atoms with Crippen LogP contribution in [0.1, 0.15) is 19.3 Å². The number of carboxylic acid groups (broad SMARTS) is 1. The molecule has 1 fully saturated rings. The molecule has 1 aromatic carbocycles. The Morgan fingerprint density at radius 3 is 2.78 bits per heavy atom. The van der Waals surface area contributed by atoms with Gasteiger partial charge in [0.25, 0.3) is 0 Å². The summed E-state index contributed by atoms with van der Waals surface area (Å²) in [6, 6.07) is 3.04. The molecular weight excluding hydrogens is 324 g/mol. The summed E-state index contributed by atoms with van der Waals surface area (Å²) in [4.78, 5) is 22.8. The highest BCUT2D eigenvalue weighted by molar-refractivity contribution is 7.89. The molecule has 9 heteroatoms. The van der Waals surface area contributed by atoms with Crippen LogP contribution in [0.5, 0.6) is 0 Å². The molecule has 23 heavy (non-hydrogen) atoms. The average molecular weight is 340 g/mol. The molecule has 1 N–H and O–H groups in total. The molecule has 0 amide bonds. The number of fused-ring (bicyclic) bond motifs is 1. The van der Waals surface area contributed by atoms with Gasteiger partial charge in [0.15, 0.2) is 5.58 Å². The Balaban J connectivity index is 2.08. The van der Waals surface area contributed by atoms with E-state index in [2.05, 4.69) is 0 Å². The van der Waals surface area contributed by atoms with Gasteiger partial charge in [-0.1, -0.05) is 0 Å². The van der Waals surface area contributed by atoms with Crippen LogP contribution in [0.2, 0.25) is 0 Å². The second-order valence-corrected chi connectivity index (χ2v) is 7.41. The number of aliphatic carboxylic acids is 1. The fraction of sp³-hybridized carbons (Fsp3) is 0.429. The first-order valence-corrected chi connectivity index (χ1v) is 8.60. The van der Waals surface area contributed by atoms with Crippen LogP contribution in [0, 0.1) is 0 Å². The van der Waals surface area contributed by atoms with Crippen LogP contribution in [-0.4, -0.2) is 41.0 Å². The van der Waals surface area contributed by atoms with E-state index in [1.807, 2.05) is 0 Å². The van der Waals surface area contributed by atoms with Crippen molar-refractivity contribution in [1.29, 1.82) is 0 Å². The molecular formula is C14H16N2O6S. The molecule has 0 saturated carbocycles. The standard InChI is InChI=1S/C14H16N2O6S/c1-15-10-6-5-9(8-12(10)22-14(15)19)23(20,21)16-7-3-2-4-11(16)13(17)18/h5-6,8,11H,2-4,7H2,1H3,(H,17,18). The van der Waals surface area contributed by atoms with Crippen molar-refractivity contribution in [2.24, 2.45) is 7.05 Å². The molecule has 1 aromatic heterocycles. The largest absolute Gasteiger partial charge is 0.480 e. The lowest BCUT2D eigenvalue weighted by atomic mass is 10.1. The third-order valence-corrected chi connectivity index (χ3v) is 6.01. The van der Waals surface area contributed by atoms with Gasteiger partial charge in [-0.05, 0) is 31.4 Å². The van der Waals surface area contributed by atoms with Crippen LogP contribution in [0.4, 0.5) is 0 Å². The molecule has 0 aliphatic carbocycles. The van der Waals surface area contributed by atoms with Crippen LogP contribution in [0.3, 0.4) is 0 Å². The van der Waals surface area contributed by atoms with Gasteiger partial charge in [-0.25, -0.2) is 13.2 Å². The van der Waals surface area contributed by atoms with Crippen LogP contribution in [-0.2, 0) is 21.9 Å². The lowest BCUT2D eigenvalue weighted by Crippen LogP contribution is -2.47. The number of hydrogen-bond acceptors (Lipinski definition) is 5. The first-order valence-electron chi connectivity index (χ1n) is 7.16. The molecule has 8 nitrogen and oxygen atoms in total. The number of nitrogens with zero attached hydrogens (tertiary/aromatic N) is 2. The van der Waals surface area contributed by atoms with Crippen molar-refractivity contribution in [3.8, 4) is 0 Å². The fourth-order valence-corrected chi connectivity index (χ4v) is 4.52. The van der Waals surface area contributed by atoms with Gasteiger partial charge in [0.2, 0.25) is 10.0 Å². The van der Waals surface area contributed by atoms with Crippen LogP contribution in [0.15, 0.2) is 32.3 Å². The summed E-state index contributed by atoms with van der Waals surface area (Å²) < 4.78 is 32.8. The molecule has 0 bridgehead atoms. The Hall–Kier alpha value is -2.13. The summed E-state index contributed by atoms with van der Waals surface area (Å²) in [5, 5.41) is 9.26. The minimum atomic E-state index is -3.97. The fourth-order valence-electron chi connectivity index (χ4n) is 2.85. The second kappa shape index (κ2) is 5.50. The Kier molecular flexibility index (Phi) is 3.77. The zero-order chi connectivity index (χ0) is 16.8. The van der Waals surface area contributed by atoms with Crippen molar-refractivity contribution in [1.82, 2.24) is 8.87 Å². The first kappa shape index (κ1) is 15.8. The van der Waals surface area contributed by atoms with Crippen LogP contribution >= 0.6 is 0 Å². The highest BCUT2D eigenvalue weighted by Crippen LogP contribution is 2.27. The van der Waals surface area contributed by atoms with Crippen molar-refractivity contribution in [2.75, 3.05) is 6.54 Å². The third kappa shape index (κ3) is 2.55. The maximum absolute atomic E-state index is 12.8. The lowest BCUT2D eigenvalue weighted by molar-refractivity contribution is -0.142. The van der Waals surface area contributed by atoms with E-state index in [0.717, 1.165) is 4.31 Å². The molecule has 2 heterocycles. The normalized spacial score (nSPS) is 20.0. The van der Waals surface area contributed by atoms with E-state index in [-0.39, 0.29) is 23.4 Å². The molecule has 0 radical (unpaired) electrons. The summed E-state index contributed by atoms with van der Waals surface area (Å²) in [7, 11) is -2.45. The number of rotatable bonds is 3. The van der Waals surface area contributed by atoms with Gasteiger partial charge < -0.3 is 9.52 Å². The molecule has 1 aliphatic rings.